The summed E-state index contributed by atoms with van der Waals surface area (Å²) < 4.78 is 31.6. The Morgan fingerprint density at radius 1 is 1.17 bits per heavy atom. The van der Waals surface area contributed by atoms with Gasteiger partial charge in [0, 0.05) is 35.6 Å². The molecule has 35 valence electrons. The Kier molecular flexibility index (Phi) is 5.26. The normalized spacial score (nSPS) is 9.67. The van der Waals surface area contributed by atoms with E-state index in [-0.39, 0.29) is 35.6 Å². The largest absolute Gasteiger partial charge is 0.394 e. The van der Waals surface area contributed by atoms with E-state index < -0.39 is 10.4 Å². The number of hydrogen-bond acceptors (Lipinski definition) is 2. The molecular formula is H2LaO4S. The fourth-order valence-corrected chi connectivity index (χ4v) is 0. The first-order valence-corrected chi connectivity index (χ1v) is 2.10. The van der Waals surface area contributed by atoms with Crippen LogP contribution in [0.1, 0.15) is 0 Å². The Morgan fingerprint density at radius 3 is 1.17 bits per heavy atom. The Morgan fingerprint density at radius 2 is 1.17 bits per heavy atom. The summed E-state index contributed by atoms with van der Waals surface area (Å²) in [7, 11) is -4.67. The minimum Gasteiger partial charge on any atom is -0.264 e. The molecule has 0 aliphatic rings. The SMILES string of the molecule is O=S(=O)(O)O.[La]. The van der Waals surface area contributed by atoms with Crippen LogP contribution in [-0.4, -0.2) is 17.5 Å². The second-order valence-electron chi connectivity index (χ2n) is 0.448. The van der Waals surface area contributed by atoms with Crippen molar-refractivity contribution in [2.24, 2.45) is 0 Å². The fourth-order valence-electron chi connectivity index (χ4n) is 0. The van der Waals surface area contributed by atoms with E-state index in [1.165, 1.54) is 0 Å². The Balaban J connectivity index is 0. The summed E-state index contributed by atoms with van der Waals surface area (Å²) in [5.74, 6) is 0. The number of rotatable bonds is 0. The molecular weight excluding hydrogens is 235 g/mol. The minimum atomic E-state index is -4.67. The molecule has 0 heterocycles. The van der Waals surface area contributed by atoms with Crippen LogP contribution in [0.3, 0.4) is 0 Å². The van der Waals surface area contributed by atoms with E-state index in [4.69, 9.17) is 17.5 Å². The third-order valence-corrected chi connectivity index (χ3v) is 0. The molecule has 0 bridgehead atoms. The molecule has 0 aromatic carbocycles. The van der Waals surface area contributed by atoms with Gasteiger partial charge in [-0.3, -0.25) is 9.11 Å². The molecule has 0 rings (SSSR count). The standard InChI is InChI=1S/La.H2O4S/c;1-5(2,3)4/h;(H2,1,2,3,4). The van der Waals surface area contributed by atoms with Crippen molar-refractivity contribution in [2.75, 3.05) is 0 Å². The summed E-state index contributed by atoms with van der Waals surface area (Å²) in [5, 5.41) is 0. The van der Waals surface area contributed by atoms with Crippen molar-refractivity contribution in [3.05, 3.63) is 0 Å². The van der Waals surface area contributed by atoms with E-state index in [1.807, 2.05) is 0 Å². The Bertz CT molecular complexity index is 90.7. The van der Waals surface area contributed by atoms with Crippen LogP contribution in [0, 0.1) is 35.6 Å². The summed E-state index contributed by atoms with van der Waals surface area (Å²) in [4.78, 5) is 0. The van der Waals surface area contributed by atoms with Gasteiger partial charge >= 0.3 is 10.4 Å². The topological polar surface area (TPSA) is 74.6 Å². The average molecular weight is 237 g/mol. The molecule has 0 amide bonds. The maximum atomic E-state index is 8.74. The van der Waals surface area contributed by atoms with Crippen LogP contribution in [0.4, 0.5) is 0 Å². The molecule has 0 aliphatic carbocycles. The van der Waals surface area contributed by atoms with Crippen molar-refractivity contribution < 1.29 is 53.1 Å². The van der Waals surface area contributed by atoms with E-state index in [9.17, 15) is 0 Å². The summed E-state index contributed by atoms with van der Waals surface area (Å²) in [5.41, 5.74) is 0. The zero-order valence-electron chi connectivity index (χ0n) is 2.70. The van der Waals surface area contributed by atoms with Crippen molar-refractivity contribution in [2.45, 2.75) is 0 Å². The van der Waals surface area contributed by atoms with Crippen molar-refractivity contribution in [1.82, 2.24) is 0 Å². The van der Waals surface area contributed by atoms with E-state index >= 15 is 0 Å². The fraction of sp³-hybridized carbons (Fsp3) is 0. The predicted octanol–water partition coefficient (Wildman–Crippen LogP) is -0.653. The zero-order valence-corrected chi connectivity index (χ0v) is 7.14. The van der Waals surface area contributed by atoms with E-state index in [0.29, 0.717) is 0 Å². The van der Waals surface area contributed by atoms with Crippen LogP contribution in [0.15, 0.2) is 0 Å². The Labute approximate surface area is 63.1 Å². The van der Waals surface area contributed by atoms with Crippen LogP contribution in [0.5, 0.6) is 0 Å². The van der Waals surface area contributed by atoms with E-state index in [0.717, 1.165) is 0 Å². The van der Waals surface area contributed by atoms with Crippen LogP contribution < -0.4 is 0 Å². The van der Waals surface area contributed by atoms with Crippen LogP contribution in [-0.2, 0) is 10.4 Å². The maximum absolute atomic E-state index is 8.74. The molecule has 6 heavy (non-hydrogen) atoms. The van der Waals surface area contributed by atoms with Crippen LogP contribution >= 0.6 is 0 Å². The zero-order chi connectivity index (χ0) is 4.50. The molecule has 1 radical (unpaired) electrons. The van der Waals surface area contributed by atoms with Gasteiger partial charge in [0.05, 0.1) is 0 Å². The van der Waals surface area contributed by atoms with Crippen molar-refractivity contribution >= 4 is 10.4 Å². The van der Waals surface area contributed by atoms with Crippen LogP contribution in [0.2, 0.25) is 0 Å². The van der Waals surface area contributed by atoms with Gasteiger partial charge < -0.3 is 0 Å². The minimum absolute atomic E-state index is 0. The molecule has 4 nitrogen and oxygen atoms in total. The third-order valence-electron chi connectivity index (χ3n) is 0. The second kappa shape index (κ2) is 3.12. The van der Waals surface area contributed by atoms with Gasteiger partial charge in [0.2, 0.25) is 0 Å². The first-order valence-electron chi connectivity index (χ1n) is 0.698. The van der Waals surface area contributed by atoms with Crippen molar-refractivity contribution in [1.29, 1.82) is 0 Å². The first-order chi connectivity index (χ1) is 2.00. The molecule has 0 aromatic rings. The molecule has 0 atom stereocenters. The molecule has 0 aromatic heterocycles. The summed E-state index contributed by atoms with van der Waals surface area (Å²) in [6.45, 7) is 0. The van der Waals surface area contributed by atoms with Crippen LogP contribution in [0.25, 0.3) is 0 Å². The van der Waals surface area contributed by atoms with Gasteiger partial charge in [0.1, 0.15) is 0 Å². The molecule has 6 heteroatoms. The molecule has 0 fully saturated rings. The maximum Gasteiger partial charge on any atom is 0.394 e. The molecule has 0 saturated carbocycles. The van der Waals surface area contributed by atoms with Gasteiger partial charge in [-0.1, -0.05) is 0 Å². The van der Waals surface area contributed by atoms with Gasteiger partial charge in [-0.05, 0) is 0 Å². The predicted molar refractivity (Wildman–Crippen MR) is 14.2 cm³/mol. The average Bonchev–Trinajstić information content (AvgIpc) is 0.722. The molecule has 0 saturated heterocycles. The van der Waals surface area contributed by atoms with Crippen molar-refractivity contribution in [3.63, 3.8) is 0 Å². The smallest absolute Gasteiger partial charge is 0.264 e. The van der Waals surface area contributed by atoms with Gasteiger partial charge in [-0.2, -0.15) is 8.42 Å². The van der Waals surface area contributed by atoms with Gasteiger partial charge in [0.25, 0.3) is 0 Å². The van der Waals surface area contributed by atoms with E-state index in [1.54, 1.807) is 0 Å². The molecule has 0 spiro atoms. The first kappa shape index (κ1) is 10.1. The van der Waals surface area contributed by atoms with Gasteiger partial charge in [0.15, 0.2) is 0 Å². The van der Waals surface area contributed by atoms with Crippen molar-refractivity contribution in [3.8, 4) is 0 Å². The monoisotopic (exact) mass is 237 g/mol. The molecule has 0 unspecified atom stereocenters. The Hall–Kier alpha value is 1.06. The number of hydrogen-bond donors (Lipinski definition) is 2. The van der Waals surface area contributed by atoms with Gasteiger partial charge in [-0.25, -0.2) is 0 Å². The molecule has 0 aliphatic heterocycles. The summed E-state index contributed by atoms with van der Waals surface area (Å²) in [6, 6.07) is 0. The molecule has 2 N–H and O–H groups in total. The third kappa shape index (κ3) is 73.8. The summed E-state index contributed by atoms with van der Waals surface area (Å²) >= 11 is 0. The quantitative estimate of drug-likeness (QED) is 0.549. The van der Waals surface area contributed by atoms with Gasteiger partial charge in [-0.15, -0.1) is 0 Å². The van der Waals surface area contributed by atoms with E-state index in [2.05, 4.69) is 0 Å². The summed E-state index contributed by atoms with van der Waals surface area (Å²) in [6.07, 6.45) is 0. The second-order valence-corrected chi connectivity index (χ2v) is 1.34.